The van der Waals surface area contributed by atoms with Gasteiger partial charge < -0.3 is 9.64 Å². The SMILES string of the molecule is CC(C)(C)OC(=O)N1CCC(C2C(=O)NN3CCCCC23)CC1. The van der Waals surface area contributed by atoms with Crippen LogP contribution in [0.5, 0.6) is 0 Å². The molecule has 3 fully saturated rings. The van der Waals surface area contributed by atoms with Gasteiger partial charge in [0.1, 0.15) is 5.60 Å². The van der Waals surface area contributed by atoms with Gasteiger partial charge in [0.05, 0.1) is 5.92 Å². The van der Waals surface area contributed by atoms with Gasteiger partial charge in [-0.3, -0.25) is 10.2 Å². The Bertz CT molecular complexity index is 466. The van der Waals surface area contributed by atoms with Crippen LogP contribution in [0.1, 0.15) is 52.9 Å². The molecule has 0 aliphatic carbocycles. The van der Waals surface area contributed by atoms with Gasteiger partial charge in [0.2, 0.25) is 5.91 Å². The van der Waals surface area contributed by atoms with Gasteiger partial charge in [0.15, 0.2) is 0 Å². The molecule has 0 aromatic carbocycles. The Morgan fingerprint density at radius 2 is 1.83 bits per heavy atom. The van der Waals surface area contributed by atoms with Gasteiger partial charge in [-0.05, 0) is 52.4 Å². The molecule has 1 N–H and O–H groups in total. The Hall–Kier alpha value is -1.30. The predicted octanol–water partition coefficient (Wildman–Crippen LogP) is 2.15. The van der Waals surface area contributed by atoms with Crippen LogP contribution < -0.4 is 5.43 Å². The van der Waals surface area contributed by atoms with Gasteiger partial charge in [0.25, 0.3) is 0 Å². The number of fused-ring (bicyclic) bond motifs is 1. The van der Waals surface area contributed by atoms with E-state index in [9.17, 15) is 9.59 Å². The zero-order valence-corrected chi connectivity index (χ0v) is 14.5. The molecule has 3 aliphatic heterocycles. The number of hydrogen-bond acceptors (Lipinski definition) is 4. The van der Waals surface area contributed by atoms with Crippen molar-refractivity contribution < 1.29 is 14.3 Å². The lowest BCUT2D eigenvalue weighted by Gasteiger charge is -2.38. The quantitative estimate of drug-likeness (QED) is 0.803. The molecule has 3 heterocycles. The number of ether oxygens (including phenoxy) is 1. The standard InChI is InChI=1S/C17H29N3O3/c1-17(2,3)23-16(22)19-10-7-12(8-11-19)14-13-6-4-5-9-20(13)18-15(14)21/h12-14H,4-11H2,1-3H3,(H,18,21). The smallest absolute Gasteiger partial charge is 0.410 e. The molecule has 2 amide bonds. The Labute approximate surface area is 138 Å². The summed E-state index contributed by atoms with van der Waals surface area (Å²) in [6, 6.07) is 0.356. The van der Waals surface area contributed by atoms with Crippen LogP contribution in [0.4, 0.5) is 4.79 Å². The molecule has 3 aliphatic rings. The first-order chi connectivity index (χ1) is 10.8. The summed E-state index contributed by atoms with van der Waals surface area (Å²) in [5.41, 5.74) is 2.60. The fraction of sp³-hybridized carbons (Fsp3) is 0.882. The normalized spacial score (nSPS) is 30.0. The maximum atomic E-state index is 12.4. The van der Waals surface area contributed by atoms with E-state index in [1.54, 1.807) is 4.90 Å². The van der Waals surface area contributed by atoms with Crippen molar-refractivity contribution in [1.82, 2.24) is 15.3 Å². The summed E-state index contributed by atoms with van der Waals surface area (Å²) in [6.45, 7) is 8.02. The number of carbonyl (C=O) groups excluding carboxylic acids is 2. The second kappa shape index (κ2) is 6.30. The lowest BCUT2D eigenvalue weighted by atomic mass is 9.78. The maximum absolute atomic E-state index is 12.4. The number of rotatable bonds is 1. The van der Waals surface area contributed by atoms with Gasteiger partial charge in [-0.1, -0.05) is 6.42 Å². The van der Waals surface area contributed by atoms with Crippen molar-refractivity contribution in [3.63, 3.8) is 0 Å². The third kappa shape index (κ3) is 3.62. The summed E-state index contributed by atoms with van der Waals surface area (Å²) < 4.78 is 5.44. The number of amides is 2. The summed E-state index contributed by atoms with van der Waals surface area (Å²) in [6.07, 6.45) is 5.04. The number of piperidine rings is 2. The zero-order chi connectivity index (χ0) is 16.6. The van der Waals surface area contributed by atoms with Crippen LogP contribution in [0.2, 0.25) is 0 Å². The molecule has 6 heteroatoms. The number of likely N-dealkylation sites (tertiary alicyclic amines) is 1. The van der Waals surface area contributed by atoms with Crippen molar-refractivity contribution >= 4 is 12.0 Å². The molecule has 0 bridgehead atoms. The minimum Gasteiger partial charge on any atom is -0.444 e. The van der Waals surface area contributed by atoms with E-state index in [2.05, 4.69) is 10.4 Å². The second-order valence-electron chi connectivity index (χ2n) is 8.06. The predicted molar refractivity (Wildman–Crippen MR) is 86.5 cm³/mol. The van der Waals surface area contributed by atoms with Crippen molar-refractivity contribution in [1.29, 1.82) is 0 Å². The highest BCUT2D eigenvalue weighted by Gasteiger charge is 2.46. The van der Waals surface area contributed by atoms with Crippen molar-refractivity contribution in [3.8, 4) is 0 Å². The van der Waals surface area contributed by atoms with Gasteiger partial charge in [0, 0.05) is 25.7 Å². The molecule has 0 spiro atoms. The largest absolute Gasteiger partial charge is 0.444 e. The van der Waals surface area contributed by atoms with E-state index < -0.39 is 5.60 Å². The van der Waals surface area contributed by atoms with Crippen molar-refractivity contribution in [3.05, 3.63) is 0 Å². The van der Waals surface area contributed by atoms with Crippen LogP contribution in [0.25, 0.3) is 0 Å². The zero-order valence-electron chi connectivity index (χ0n) is 14.5. The number of nitrogens with one attached hydrogen (secondary N) is 1. The molecule has 6 nitrogen and oxygen atoms in total. The van der Waals surface area contributed by atoms with Crippen molar-refractivity contribution in [2.24, 2.45) is 11.8 Å². The maximum Gasteiger partial charge on any atom is 0.410 e. The summed E-state index contributed by atoms with van der Waals surface area (Å²) >= 11 is 0. The fourth-order valence-corrected chi connectivity index (χ4v) is 4.16. The van der Waals surface area contributed by atoms with Gasteiger partial charge in [-0.25, -0.2) is 9.80 Å². The van der Waals surface area contributed by atoms with E-state index in [0.29, 0.717) is 25.0 Å². The molecule has 0 saturated carbocycles. The molecule has 130 valence electrons. The number of nitrogens with zero attached hydrogens (tertiary/aromatic N) is 2. The first-order valence-corrected chi connectivity index (χ1v) is 8.90. The topological polar surface area (TPSA) is 61.9 Å². The van der Waals surface area contributed by atoms with Crippen LogP contribution in [-0.4, -0.2) is 53.2 Å². The lowest BCUT2D eigenvalue weighted by molar-refractivity contribution is -0.125. The first kappa shape index (κ1) is 16.6. The molecule has 23 heavy (non-hydrogen) atoms. The van der Waals surface area contributed by atoms with E-state index in [-0.39, 0.29) is 17.9 Å². The number of carbonyl (C=O) groups is 2. The summed E-state index contributed by atoms with van der Waals surface area (Å²) in [7, 11) is 0. The summed E-state index contributed by atoms with van der Waals surface area (Å²) in [5.74, 6) is 0.658. The fourth-order valence-electron chi connectivity index (χ4n) is 4.16. The van der Waals surface area contributed by atoms with Crippen LogP contribution in [0.15, 0.2) is 0 Å². The van der Waals surface area contributed by atoms with Gasteiger partial charge in [-0.15, -0.1) is 0 Å². The second-order valence-corrected chi connectivity index (χ2v) is 8.06. The molecule has 3 rings (SSSR count). The average Bonchev–Trinajstić information content (AvgIpc) is 2.81. The Morgan fingerprint density at radius 1 is 1.13 bits per heavy atom. The van der Waals surface area contributed by atoms with Crippen LogP contribution in [0.3, 0.4) is 0 Å². The average molecular weight is 323 g/mol. The minimum atomic E-state index is -0.456. The molecule has 0 aromatic rings. The van der Waals surface area contributed by atoms with Crippen LogP contribution >= 0.6 is 0 Å². The highest BCUT2D eigenvalue weighted by atomic mass is 16.6. The Kier molecular flexibility index (Phi) is 4.54. The van der Waals surface area contributed by atoms with Crippen LogP contribution in [-0.2, 0) is 9.53 Å². The van der Waals surface area contributed by atoms with E-state index in [4.69, 9.17) is 4.74 Å². The molecule has 3 saturated heterocycles. The van der Waals surface area contributed by atoms with Crippen molar-refractivity contribution in [2.45, 2.75) is 64.5 Å². The molecule has 2 atom stereocenters. The Balaban J connectivity index is 1.56. The Morgan fingerprint density at radius 3 is 2.48 bits per heavy atom. The third-order valence-electron chi connectivity index (χ3n) is 5.22. The van der Waals surface area contributed by atoms with E-state index >= 15 is 0 Å². The molecular weight excluding hydrogens is 294 g/mol. The highest BCUT2D eigenvalue weighted by molar-refractivity contribution is 5.81. The highest BCUT2D eigenvalue weighted by Crippen LogP contribution is 2.36. The van der Waals surface area contributed by atoms with Gasteiger partial charge >= 0.3 is 6.09 Å². The molecule has 0 radical (unpaired) electrons. The minimum absolute atomic E-state index is 0.0936. The van der Waals surface area contributed by atoms with E-state index in [0.717, 1.165) is 25.8 Å². The summed E-state index contributed by atoms with van der Waals surface area (Å²) in [4.78, 5) is 26.3. The third-order valence-corrected chi connectivity index (χ3v) is 5.22. The van der Waals surface area contributed by atoms with E-state index in [1.807, 2.05) is 20.8 Å². The summed E-state index contributed by atoms with van der Waals surface area (Å²) in [5, 5.41) is 2.15. The first-order valence-electron chi connectivity index (χ1n) is 8.90. The van der Waals surface area contributed by atoms with E-state index in [1.165, 1.54) is 12.8 Å². The number of hydrogen-bond donors (Lipinski definition) is 1. The number of hydrazine groups is 1. The van der Waals surface area contributed by atoms with Gasteiger partial charge in [-0.2, -0.15) is 0 Å². The van der Waals surface area contributed by atoms with Crippen molar-refractivity contribution in [2.75, 3.05) is 19.6 Å². The molecular formula is C17H29N3O3. The van der Waals surface area contributed by atoms with Crippen LogP contribution in [0, 0.1) is 11.8 Å². The monoisotopic (exact) mass is 323 g/mol. The lowest BCUT2D eigenvalue weighted by Crippen LogP contribution is -2.46. The molecule has 2 unspecified atom stereocenters. The molecule has 0 aromatic heterocycles.